The highest BCUT2D eigenvalue weighted by Gasteiger charge is 2.53. The van der Waals surface area contributed by atoms with Gasteiger partial charge in [-0.15, -0.1) is 0 Å². The minimum absolute atomic E-state index is 0.100. The lowest BCUT2D eigenvalue weighted by Gasteiger charge is -2.32. The third kappa shape index (κ3) is 4.17. The van der Waals surface area contributed by atoms with E-state index in [1.54, 1.807) is 6.20 Å². The molecule has 158 valence electrons. The van der Waals surface area contributed by atoms with Gasteiger partial charge in [0.2, 0.25) is 5.78 Å². The highest BCUT2D eigenvalue weighted by atomic mass is 31.2. The first kappa shape index (κ1) is 21.8. The predicted octanol–water partition coefficient (Wildman–Crippen LogP) is 4.60. The molecule has 0 amide bonds. The van der Waals surface area contributed by atoms with Crippen molar-refractivity contribution < 1.29 is 4.79 Å². The van der Waals surface area contributed by atoms with Gasteiger partial charge in [0.25, 0.3) is 0 Å². The molecular formula is C28H26N2OP+. The summed E-state index contributed by atoms with van der Waals surface area (Å²) in [6.07, 6.45) is 1.94. The molecule has 0 aliphatic carbocycles. The fourth-order valence-electron chi connectivity index (χ4n) is 4.31. The second-order valence-corrected chi connectivity index (χ2v) is 11.5. The van der Waals surface area contributed by atoms with Gasteiger partial charge >= 0.3 is 0 Å². The molecule has 0 aliphatic rings. The molecule has 1 heterocycles. The number of nitrogens with one attached hydrogen (secondary N) is 1. The first-order valence-electron chi connectivity index (χ1n) is 10.7. The van der Waals surface area contributed by atoms with Gasteiger partial charge < -0.3 is 5.41 Å². The van der Waals surface area contributed by atoms with Gasteiger partial charge in [-0.1, -0.05) is 60.7 Å². The van der Waals surface area contributed by atoms with Crippen molar-refractivity contribution in [1.82, 2.24) is 4.98 Å². The fraction of sp³-hybridized carbons (Fsp3) is 0.107. The average molecular weight is 438 g/mol. The zero-order chi connectivity index (χ0) is 22.4. The monoisotopic (exact) mass is 437 g/mol. The Morgan fingerprint density at radius 1 is 0.750 bits per heavy atom. The summed E-state index contributed by atoms with van der Waals surface area (Å²) in [5.41, 5.74) is 0.454. The second kappa shape index (κ2) is 9.80. The van der Waals surface area contributed by atoms with Crippen molar-refractivity contribution in [2.45, 2.75) is 19.0 Å². The summed E-state index contributed by atoms with van der Waals surface area (Å²) in [7, 11) is -2.37. The number of benzene rings is 3. The molecule has 1 N–H and O–H groups in total. The van der Waals surface area contributed by atoms with Gasteiger partial charge in [0, 0.05) is 18.3 Å². The number of carbonyl (C=O) groups is 1. The molecule has 3 nitrogen and oxygen atoms in total. The van der Waals surface area contributed by atoms with Gasteiger partial charge in [0.15, 0.2) is 0 Å². The van der Waals surface area contributed by atoms with Crippen LogP contribution in [-0.4, -0.2) is 22.1 Å². The Hall–Kier alpha value is -3.42. The van der Waals surface area contributed by atoms with Crippen molar-refractivity contribution in [3.05, 3.63) is 121 Å². The van der Waals surface area contributed by atoms with E-state index in [0.717, 1.165) is 21.6 Å². The maximum absolute atomic E-state index is 13.8. The van der Waals surface area contributed by atoms with Crippen molar-refractivity contribution in [3.8, 4) is 0 Å². The van der Waals surface area contributed by atoms with Gasteiger partial charge in [0.1, 0.15) is 28.8 Å². The molecule has 4 heteroatoms. The van der Waals surface area contributed by atoms with E-state index in [0.29, 0.717) is 0 Å². The van der Waals surface area contributed by atoms with E-state index in [1.807, 2.05) is 79.7 Å². The number of hydrogen-bond donors (Lipinski definition) is 1. The molecule has 0 radical (unpaired) electrons. The number of pyridine rings is 1. The highest BCUT2D eigenvalue weighted by Crippen LogP contribution is 2.59. The number of rotatable bonds is 8. The smallest absolute Gasteiger partial charge is 0.217 e. The van der Waals surface area contributed by atoms with Crippen LogP contribution in [0.4, 0.5) is 0 Å². The second-order valence-electron chi connectivity index (χ2n) is 7.75. The Morgan fingerprint density at radius 3 is 1.59 bits per heavy atom. The molecule has 0 spiro atoms. The van der Waals surface area contributed by atoms with Crippen molar-refractivity contribution in [1.29, 1.82) is 5.41 Å². The number of carbonyl (C=O) groups excluding carboxylic acids is 1. The minimum atomic E-state index is -2.37. The van der Waals surface area contributed by atoms with Gasteiger partial charge in [-0.25, -0.2) is 0 Å². The molecular weight excluding hydrogens is 411 g/mol. The van der Waals surface area contributed by atoms with Crippen LogP contribution < -0.4 is 15.9 Å². The quantitative estimate of drug-likeness (QED) is 0.324. The van der Waals surface area contributed by atoms with E-state index in [2.05, 4.69) is 41.4 Å². The number of nitrogens with zero attached hydrogens (tertiary/aromatic N) is 1. The maximum atomic E-state index is 13.8. The van der Waals surface area contributed by atoms with Gasteiger partial charge in [-0.2, -0.15) is 0 Å². The maximum Gasteiger partial charge on any atom is 0.217 e. The first-order chi connectivity index (χ1) is 15.6. The van der Waals surface area contributed by atoms with Crippen LogP contribution in [0.25, 0.3) is 0 Å². The Labute approximate surface area is 190 Å². The molecule has 4 rings (SSSR count). The standard InChI is InChI=1S/C28H26N2OP/c1-22(28(31)27(29)21-23-13-11-12-20-30-23)32(24-14-5-2-6-15-24,25-16-7-3-8-17-25)26-18-9-4-10-19-26/h2-20,22,29H,21H2,1H3/q+1. The van der Waals surface area contributed by atoms with E-state index in [9.17, 15) is 4.79 Å². The van der Waals surface area contributed by atoms with Gasteiger partial charge in [-0.05, 0) is 55.5 Å². The summed E-state index contributed by atoms with van der Waals surface area (Å²) >= 11 is 0. The number of ketones is 1. The molecule has 4 aromatic rings. The molecule has 3 aromatic carbocycles. The van der Waals surface area contributed by atoms with Crippen LogP contribution in [0, 0.1) is 5.41 Å². The van der Waals surface area contributed by atoms with Crippen molar-refractivity contribution in [2.75, 3.05) is 0 Å². The zero-order valence-electron chi connectivity index (χ0n) is 18.1. The van der Waals surface area contributed by atoms with E-state index < -0.39 is 7.26 Å². The first-order valence-corrected chi connectivity index (χ1v) is 12.6. The topological polar surface area (TPSA) is 53.8 Å². The van der Waals surface area contributed by atoms with E-state index in [1.165, 1.54) is 0 Å². The Kier molecular flexibility index (Phi) is 6.68. The molecule has 0 saturated heterocycles. The lowest BCUT2D eigenvalue weighted by atomic mass is 10.1. The summed E-state index contributed by atoms with van der Waals surface area (Å²) in [5.74, 6) is -0.124. The molecule has 32 heavy (non-hydrogen) atoms. The average Bonchev–Trinajstić information content (AvgIpc) is 2.86. The summed E-state index contributed by atoms with van der Waals surface area (Å²) in [6.45, 7) is 2.00. The van der Waals surface area contributed by atoms with E-state index in [4.69, 9.17) is 5.41 Å². The Balaban J connectivity index is 1.87. The van der Waals surface area contributed by atoms with Gasteiger partial charge in [-0.3, -0.25) is 9.78 Å². The van der Waals surface area contributed by atoms with Crippen molar-refractivity contribution in [3.63, 3.8) is 0 Å². The molecule has 1 aromatic heterocycles. The summed E-state index contributed by atoms with van der Waals surface area (Å²) < 4.78 is 0. The molecule has 1 unspecified atom stereocenters. The third-order valence-corrected chi connectivity index (χ3v) is 10.6. The SMILES string of the molecule is CC(C(=O)C(=N)Cc1ccccn1)[P+](c1ccccc1)(c1ccccc1)c1ccccc1. The lowest BCUT2D eigenvalue weighted by Crippen LogP contribution is -2.43. The highest BCUT2D eigenvalue weighted by molar-refractivity contribution is 7.97. The number of aromatic nitrogens is 1. The van der Waals surface area contributed by atoms with Crippen LogP contribution in [0.15, 0.2) is 115 Å². The fourth-order valence-corrected chi connectivity index (χ4v) is 8.98. The Bertz CT molecular complexity index is 1080. The van der Waals surface area contributed by atoms with E-state index in [-0.39, 0.29) is 23.6 Å². The van der Waals surface area contributed by atoms with E-state index >= 15 is 0 Å². The molecule has 1 atom stereocenters. The molecule has 0 fully saturated rings. The molecule has 0 saturated carbocycles. The normalized spacial score (nSPS) is 12.2. The van der Waals surface area contributed by atoms with Crippen LogP contribution in [0.3, 0.4) is 0 Å². The van der Waals surface area contributed by atoms with Crippen LogP contribution in [0.5, 0.6) is 0 Å². The third-order valence-electron chi connectivity index (χ3n) is 5.83. The molecule has 0 aliphatic heterocycles. The van der Waals surface area contributed by atoms with Gasteiger partial charge in [0.05, 0.1) is 5.71 Å². The Morgan fingerprint density at radius 2 is 1.19 bits per heavy atom. The van der Waals surface area contributed by atoms with Crippen LogP contribution in [0.1, 0.15) is 12.6 Å². The summed E-state index contributed by atoms with van der Waals surface area (Å²) in [4.78, 5) is 18.1. The van der Waals surface area contributed by atoms with Crippen molar-refractivity contribution in [2.24, 2.45) is 0 Å². The number of Topliss-reactive ketones (excluding diaryl/α,β-unsaturated/α-hetero) is 1. The van der Waals surface area contributed by atoms with Crippen molar-refractivity contribution >= 4 is 34.7 Å². The minimum Gasteiger partial charge on any atom is -0.301 e. The molecule has 0 bridgehead atoms. The number of hydrogen-bond acceptors (Lipinski definition) is 3. The predicted molar refractivity (Wildman–Crippen MR) is 135 cm³/mol. The summed E-state index contributed by atoms with van der Waals surface area (Å²) in [6, 6.07) is 36.6. The lowest BCUT2D eigenvalue weighted by molar-refractivity contribution is -0.112. The zero-order valence-corrected chi connectivity index (χ0v) is 19.0. The largest absolute Gasteiger partial charge is 0.301 e. The van der Waals surface area contributed by atoms with Crippen LogP contribution in [0.2, 0.25) is 0 Å². The summed E-state index contributed by atoms with van der Waals surface area (Å²) in [5, 5.41) is 12.1. The van der Waals surface area contributed by atoms with Crippen LogP contribution in [-0.2, 0) is 11.2 Å². The van der Waals surface area contributed by atoms with Crippen LogP contribution >= 0.6 is 7.26 Å².